The first kappa shape index (κ1) is 9.17. The Balaban J connectivity index is 3.33. The molecule has 0 fully saturated rings. The topological polar surface area (TPSA) is 92.2 Å². The number of hydrogen-bond donors (Lipinski definition) is 0. The van der Waals surface area contributed by atoms with Gasteiger partial charge in [-0.2, -0.15) is 0 Å². The Morgan fingerprint density at radius 2 is 2.31 bits per heavy atom. The van der Waals surface area contributed by atoms with Crippen molar-refractivity contribution in [2.75, 3.05) is 7.11 Å². The Morgan fingerprint density at radius 1 is 1.69 bits per heavy atom. The lowest BCUT2D eigenvalue weighted by molar-refractivity contribution is -0.678. The maximum atomic E-state index is 10.9. The van der Waals surface area contributed by atoms with Crippen molar-refractivity contribution in [3.63, 3.8) is 0 Å². The van der Waals surface area contributed by atoms with Crippen molar-refractivity contribution in [3.8, 4) is 5.88 Å². The van der Waals surface area contributed by atoms with Gasteiger partial charge in [0.1, 0.15) is 0 Å². The van der Waals surface area contributed by atoms with Gasteiger partial charge in [-0.05, 0) is 4.85 Å². The third-order valence-corrected chi connectivity index (χ3v) is 1.51. The highest BCUT2D eigenvalue weighted by atomic mass is 16.6. The smallest absolute Gasteiger partial charge is 0.344 e. The number of ether oxygens (including phenoxy) is 1. The Kier molecular flexibility index (Phi) is 2.27. The Morgan fingerprint density at radius 3 is 2.77 bits per heavy atom. The molecule has 0 bridgehead atoms. The van der Waals surface area contributed by atoms with Gasteiger partial charge < -0.3 is 9.94 Å². The van der Waals surface area contributed by atoms with Gasteiger partial charge in [0, 0.05) is 6.92 Å². The molecule has 70 valence electrons. The fraction of sp³-hybridized carbons (Fsp3) is 0.333. The zero-order valence-corrected chi connectivity index (χ0v) is 7.05. The molecule has 1 heterocycles. The van der Waals surface area contributed by atoms with Crippen LogP contribution in [-0.4, -0.2) is 17.1 Å². The first-order valence-corrected chi connectivity index (χ1v) is 3.36. The summed E-state index contributed by atoms with van der Waals surface area (Å²) in [7, 11) is 1.28. The summed E-state index contributed by atoms with van der Waals surface area (Å²) in [6, 6.07) is 1.10. The van der Waals surface area contributed by atoms with E-state index in [-0.39, 0.29) is 22.1 Å². The van der Waals surface area contributed by atoms with Gasteiger partial charge in [-0.1, -0.05) is 0 Å². The van der Waals surface area contributed by atoms with Crippen LogP contribution in [0.3, 0.4) is 0 Å². The lowest BCUT2D eigenvalue weighted by Gasteiger charge is -2.00. The van der Waals surface area contributed by atoms with E-state index in [1.54, 1.807) is 0 Å². The minimum absolute atomic E-state index is 0.0641. The zero-order valence-electron chi connectivity index (χ0n) is 7.05. The number of methoxy groups -OCH3 is 1. The van der Waals surface area contributed by atoms with Gasteiger partial charge in [0.15, 0.2) is 0 Å². The average Bonchev–Trinajstić information content (AvgIpc) is 2.09. The summed E-state index contributed by atoms with van der Waals surface area (Å²) in [5, 5.41) is 24.7. The predicted molar refractivity (Wildman–Crippen MR) is 41.1 cm³/mol. The van der Waals surface area contributed by atoms with Crippen LogP contribution in [0.5, 0.6) is 5.88 Å². The molecule has 0 aliphatic carbocycles. The van der Waals surface area contributed by atoms with Crippen LogP contribution in [0.15, 0.2) is 6.07 Å². The van der Waals surface area contributed by atoms with Gasteiger partial charge in [0.2, 0.25) is 0 Å². The van der Waals surface area contributed by atoms with Crippen LogP contribution < -0.4 is 9.58 Å². The molecular weight excluding hydrogens is 178 g/mol. The molecule has 0 aliphatic heterocycles. The molecular formula is C6H7N3O4. The van der Waals surface area contributed by atoms with Gasteiger partial charge >= 0.3 is 5.69 Å². The maximum absolute atomic E-state index is 10.9. The fourth-order valence-corrected chi connectivity index (χ4v) is 0.797. The second-order valence-electron chi connectivity index (χ2n) is 2.29. The maximum Gasteiger partial charge on any atom is 0.344 e. The minimum atomic E-state index is -0.659. The normalized spacial score (nSPS) is 9.69. The van der Waals surface area contributed by atoms with Crippen LogP contribution >= 0.6 is 0 Å². The van der Waals surface area contributed by atoms with Crippen molar-refractivity contribution in [3.05, 3.63) is 27.1 Å². The summed E-state index contributed by atoms with van der Waals surface area (Å²) in [6.45, 7) is 1.32. The van der Waals surface area contributed by atoms with Crippen LogP contribution in [0, 0.1) is 22.2 Å². The largest absolute Gasteiger partial charge is 0.594 e. The van der Waals surface area contributed by atoms with E-state index in [9.17, 15) is 15.3 Å². The van der Waals surface area contributed by atoms with Crippen molar-refractivity contribution in [2.24, 2.45) is 0 Å². The second kappa shape index (κ2) is 3.21. The number of aromatic nitrogens is 2. The lowest BCUT2D eigenvalue weighted by Crippen LogP contribution is -2.35. The number of nitro groups is 1. The summed E-state index contributed by atoms with van der Waals surface area (Å²) >= 11 is 0. The van der Waals surface area contributed by atoms with E-state index in [1.807, 2.05) is 0 Å². The Hall–Kier alpha value is -1.92. The highest BCUT2D eigenvalue weighted by Gasteiger charge is 2.22. The molecule has 0 radical (unpaired) electrons. The van der Waals surface area contributed by atoms with Gasteiger partial charge in [0.05, 0.1) is 23.2 Å². The molecule has 0 unspecified atom stereocenters. The molecule has 0 aromatic carbocycles. The van der Waals surface area contributed by atoms with E-state index in [0.29, 0.717) is 0 Å². The van der Waals surface area contributed by atoms with Crippen molar-refractivity contribution < 1.29 is 14.5 Å². The second-order valence-corrected chi connectivity index (χ2v) is 2.29. The molecule has 0 N–H and O–H groups in total. The minimum Gasteiger partial charge on any atom is -0.594 e. The molecule has 7 nitrogen and oxygen atoms in total. The van der Waals surface area contributed by atoms with Crippen LogP contribution in [0.25, 0.3) is 0 Å². The number of rotatable bonds is 2. The van der Waals surface area contributed by atoms with E-state index in [4.69, 9.17) is 0 Å². The van der Waals surface area contributed by atoms with E-state index in [1.165, 1.54) is 14.0 Å². The molecule has 1 aromatic rings. The number of nitrogens with zero attached hydrogens (tertiary/aromatic N) is 3. The van der Waals surface area contributed by atoms with Gasteiger partial charge in [0.25, 0.3) is 11.6 Å². The van der Waals surface area contributed by atoms with Crippen LogP contribution in [0.1, 0.15) is 5.69 Å². The molecule has 0 aliphatic rings. The standard InChI is InChI=1S/C6H7N3O4/c1-4-5(9(11)12)3-6(13-2)7-8(4)10/h3H,1-2H3. The third-order valence-electron chi connectivity index (χ3n) is 1.51. The molecule has 13 heavy (non-hydrogen) atoms. The Bertz CT molecular complexity index is 352. The highest BCUT2D eigenvalue weighted by molar-refractivity contribution is 5.34. The SMILES string of the molecule is COc1cc([N+](=O)[O-])c(C)[n+]([O-])n1. The van der Waals surface area contributed by atoms with Gasteiger partial charge in [-0.25, -0.2) is 0 Å². The molecule has 1 aromatic heterocycles. The average molecular weight is 185 g/mol. The fourth-order valence-electron chi connectivity index (χ4n) is 0.797. The summed E-state index contributed by atoms with van der Waals surface area (Å²) in [5.41, 5.74) is -0.368. The van der Waals surface area contributed by atoms with Crippen LogP contribution in [-0.2, 0) is 0 Å². The highest BCUT2D eigenvalue weighted by Crippen LogP contribution is 2.17. The van der Waals surface area contributed by atoms with Gasteiger partial charge in [-0.15, -0.1) is 0 Å². The molecule has 0 spiro atoms. The summed E-state index contributed by atoms with van der Waals surface area (Å²) < 4.78 is 4.60. The quantitative estimate of drug-likeness (QED) is 0.278. The monoisotopic (exact) mass is 185 g/mol. The van der Waals surface area contributed by atoms with E-state index in [2.05, 4.69) is 9.84 Å². The van der Waals surface area contributed by atoms with Crippen molar-refractivity contribution in [1.29, 1.82) is 0 Å². The van der Waals surface area contributed by atoms with Gasteiger partial charge in [-0.3, -0.25) is 10.1 Å². The Labute approximate surface area is 73.3 Å². The first-order chi connectivity index (χ1) is 6.06. The molecule has 0 saturated heterocycles. The van der Waals surface area contributed by atoms with Crippen LogP contribution in [0.4, 0.5) is 5.69 Å². The molecule has 0 amide bonds. The van der Waals surface area contributed by atoms with E-state index < -0.39 is 4.92 Å². The zero-order chi connectivity index (χ0) is 10.0. The van der Waals surface area contributed by atoms with Crippen molar-refractivity contribution in [2.45, 2.75) is 6.92 Å². The molecule has 1 rings (SSSR count). The summed E-state index contributed by atoms with van der Waals surface area (Å²) in [6.07, 6.45) is 0. The first-order valence-electron chi connectivity index (χ1n) is 3.36. The van der Waals surface area contributed by atoms with E-state index >= 15 is 0 Å². The molecule has 0 atom stereocenters. The third kappa shape index (κ3) is 1.63. The van der Waals surface area contributed by atoms with E-state index in [0.717, 1.165) is 6.07 Å². The molecule has 7 heteroatoms. The summed E-state index contributed by atoms with van der Waals surface area (Å²) in [5.74, 6) is -0.0766. The summed E-state index contributed by atoms with van der Waals surface area (Å²) in [4.78, 5) is 9.92. The van der Waals surface area contributed by atoms with Crippen LogP contribution in [0.2, 0.25) is 0 Å². The van der Waals surface area contributed by atoms with Crippen molar-refractivity contribution in [1.82, 2.24) is 5.10 Å². The van der Waals surface area contributed by atoms with Crippen molar-refractivity contribution >= 4 is 5.69 Å². The number of hydrogen-bond acceptors (Lipinski definition) is 5. The molecule has 0 saturated carbocycles. The predicted octanol–water partition coefficient (Wildman–Crippen LogP) is -0.0598. The lowest BCUT2D eigenvalue weighted by atomic mass is 10.3.